The average Bonchev–Trinajstić information content (AvgIpc) is 3.45. The first-order chi connectivity index (χ1) is 16.0. The molecular formula is C28H55ClN2O3. The summed E-state index contributed by atoms with van der Waals surface area (Å²) in [6.45, 7) is 11.2. The molecule has 2 unspecified atom stereocenters. The van der Waals surface area contributed by atoms with Gasteiger partial charge in [-0.2, -0.15) is 0 Å². The quantitative estimate of drug-likeness (QED) is 0.147. The summed E-state index contributed by atoms with van der Waals surface area (Å²) < 4.78 is 6.47. The van der Waals surface area contributed by atoms with Gasteiger partial charge in [0.1, 0.15) is 19.7 Å². The summed E-state index contributed by atoms with van der Waals surface area (Å²) >= 11 is 0. The number of halogens is 1. The molecule has 2 saturated heterocycles. The fraction of sp³-hybridized carbons (Fsp3) is 0.964. The van der Waals surface area contributed by atoms with Gasteiger partial charge in [-0.05, 0) is 25.2 Å². The van der Waals surface area contributed by atoms with E-state index < -0.39 is 0 Å². The molecule has 2 heterocycles. The number of quaternary nitrogens is 1. The van der Waals surface area contributed by atoms with Gasteiger partial charge in [0.25, 0.3) is 0 Å². The first-order valence-electron chi connectivity index (χ1n) is 14.5. The fourth-order valence-corrected chi connectivity index (χ4v) is 5.47. The third kappa shape index (κ3) is 11.6. The normalized spacial score (nSPS) is 23.4. The van der Waals surface area contributed by atoms with E-state index in [4.69, 9.17) is 9.57 Å². The molecule has 0 radical (unpaired) electrons. The molecule has 0 aliphatic carbocycles. The minimum absolute atomic E-state index is 0. The summed E-state index contributed by atoms with van der Waals surface area (Å²) in [4.78, 5) is 18.3. The summed E-state index contributed by atoms with van der Waals surface area (Å²) in [5.41, 5.74) is -0.119. The molecule has 2 atom stereocenters. The number of nitrogens with one attached hydrogen (secondary N) is 1. The highest BCUT2D eigenvalue weighted by Gasteiger charge is 2.74. The highest BCUT2D eigenvalue weighted by atomic mass is 35.5. The van der Waals surface area contributed by atoms with Crippen LogP contribution in [0.1, 0.15) is 130 Å². The molecule has 6 heteroatoms. The Morgan fingerprint density at radius 3 is 2.09 bits per heavy atom. The number of amides is 1. The third-order valence-corrected chi connectivity index (χ3v) is 7.57. The van der Waals surface area contributed by atoms with Crippen molar-refractivity contribution >= 4 is 5.91 Å². The molecule has 5 nitrogen and oxygen atoms in total. The van der Waals surface area contributed by atoms with Gasteiger partial charge in [-0.25, -0.2) is 0 Å². The van der Waals surface area contributed by atoms with E-state index in [1.165, 1.54) is 77.0 Å². The van der Waals surface area contributed by atoms with E-state index in [0.717, 1.165) is 62.5 Å². The Kier molecular flexibility index (Phi) is 16.7. The van der Waals surface area contributed by atoms with Crippen molar-refractivity contribution < 1.29 is 31.4 Å². The largest absolute Gasteiger partial charge is 1.00 e. The smallest absolute Gasteiger partial charge is 0.306 e. The van der Waals surface area contributed by atoms with E-state index in [1.54, 1.807) is 0 Å². The number of nitrogens with zero attached hydrogens (tertiary/aromatic N) is 1. The molecule has 34 heavy (non-hydrogen) atoms. The molecule has 0 aromatic heterocycles. The van der Waals surface area contributed by atoms with Gasteiger partial charge in [0.15, 0.2) is 0 Å². The maximum absolute atomic E-state index is 12.1. The molecule has 0 aromatic carbocycles. The molecule has 0 aromatic rings. The van der Waals surface area contributed by atoms with Crippen LogP contribution in [0, 0.1) is 5.92 Å². The zero-order valence-electron chi connectivity index (χ0n) is 22.7. The van der Waals surface area contributed by atoms with Crippen LogP contribution in [-0.4, -0.2) is 49.1 Å². The van der Waals surface area contributed by atoms with Crippen LogP contribution in [0.2, 0.25) is 0 Å². The van der Waals surface area contributed by atoms with Crippen LogP contribution < -0.4 is 17.7 Å². The first kappa shape index (κ1) is 31.7. The van der Waals surface area contributed by atoms with Crippen LogP contribution in [0.3, 0.4) is 0 Å². The second-order valence-electron chi connectivity index (χ2n) is 11.1. The maximum atomic E-state index is 12.1. The lowest BCUT2D eigenvalue weighted by molar-refractivity contribution is -0.934. The number of hydrogen-bond donors (Lipinski definition) is 1. The Morgan fingerprint density at radius 2 is 1.50 bits per heavy atom. The molecule has 1 N–H and O–H groups in total. The Hall–Kier alpha value is -0.360. The van der Waals surface area contributed by atoms with Crippen molar-refractivity contribution in [3.05, 3.63) is 0 Å². The van der Waals surface area contributed by atoms with Gasteiger partial charge in [-0.15, -0.1) is 9.48 Å². The van der Waals surface area contributed by atoms with E-state index in [9.17, 15) is 4.79 Å². The summed E-state index contributed by atoms with van der Waals surface area (Å²) in [5.74, 6) is 1.08. The standard InChI is InChI=1S/C28H54N2O3.ClH/c1-4-22-30-23-24-32-25-28(30,33-30)20-17-21-29-27(31)19-16-14-12-10-8-6-5-7-9-11-13-15-18-26(2)3;/h26H,4-25H2,1-3H3;1H. The van der Waals surface area contributed by atoms with Crippen LogP contribution in [0.15, 0.2) is 0 Å². The third-order valence-electron chi connectivity index (χ3n) is 7.57. The Morgan fingerprint density at radius 1 is 0.912 bits per heavy atom. The molecular weight excluding hydrogens is 448 g/mol. The van der Waals surface area contributed by atoms with E-state index in [0.29, 0.717) is 13.0 Å². The van der Waals surface area contributed by atoms with Crippen molar-refractivity contribution in [2.24, 2.45) is 5.92 Å². The van der Waals surface area contributed by atoms with Crippen LogP contribution in [-0.2, 0) is 14.4 Å². The van der Waals surface area contributed by atoms with Gasteiger partial charge in [-0.3, -0.25) is 4.79 Å². The van der Waals surface area contributed by atoms with Crippen molar-refractivity contribution in [3.8, 4) is 0 Å². The van der Waals surface area contributed by atoms with Crippen LogP contribution >= 0.6 is 0 Å². The first-order valence-corrected chi connectivity index (χ1v) is 14.5. The van der Waals surface area contributed by atoms with Crippen LogP contribution in [0.25, 0.3) is 0 Å². The van der Waals surface area contributed by atoms with Gasteiger partial charge in [0.05, 0.1) is 6.61 Å². The molecule has 0 spiro atoms. The minimum Gasteiger partial charge on any atom is -1.00 e. The van der Waals surface area contributed by atoms with Crippen molar-refractivity contribution in [2.75, 3.05) is 32.8 Å². The molecule has 202 valence electrons. The molecule has 0 saturated carbocycles. The van der Waals surface area contributed by atoms with Crippen molar-refractivity contribution in [1.29, 1.82) is 0 Å². The van der Waals surface area contributed by atoms with Crippen molar-refractivity contribution in [3.63, 3.8) is 0 Å². The SMILES string of the molecule is CCC[N+]12CCOCC1(CCCNC(=O)CCCCCCCCCCCCCCC(C)C)O2.[Cl-]. The number of ether oxygens (including phenoxy) is 1. The highest BCUT2D eigenvalue weighted by Crippen LogP contribution is 2.50. The maximum Gasteiger partial charge on any atom is 0.306 e. The molecule has 2 aliphatic heterocycles. The molecule has 2 fully saturated rings. The predicted molar refractivity (Wildman–Crippen MR) is 137 cm³/mol. The van der Waals surface area contributed by atoms with Crippen molar-refractivity contribution in [2.45, 2.75) is 136 Å². The van der Waals surface area contributed by atoms with Gasteiger partial charge in [0, 0.05) is 19.4 Å². The van der Waals surface area contributed by atoms with E-state index in [-0.39, 0.29) is 24.0 Å². The Bertz CT molecular complexity index is 530. The molecule has 0 bridgehead atoms. The second-order valence-corrected chi connectivity index (χ2v) is 11.1. The fourth-order valence-electron chi connectivity index (χ4n) is 5.47. The van der Waals surface area contributed by atoms with Gasteiger partial charge < -0.3 is 22.5 Å². The second kappa shape index (κ2) is 18.0. The zero-order chi connectivity index (χ0) is 23.8. The number of morpholine rings is 1. The number of hydrogen-bond acceptors (Lipinski definition) is 3. The lowest BCUT2D eigenvalue weighted by Crippen LogP contribution is -3.00. The molecule has 2 rings (SSSR count). The number of carbonyl (C=O) groups is 1. The Labute approximate surface area is 217 Å². The summed E-state index contributed by atoms with van der Waals surface area (Å²) in [5, 5.41) is 3.11. The molecule has 2 aliphatic rings. The number of rotatable bonds is 21. The number of carbonyl (C=O) groups excluding carboxylic acids is 1. The molecule has 1 amide bonds. The number of hydroxylamine groups is 3. The summed E-state index contributed by atoms with van der Waals surface area (Å²) in [7, 11) is 0. The van der Waals surface area contributed by atoms with Crippen LogP contribution in [0.4, 0.5) is 0 Å². The summed E-state index contributed by atoms with van der Waals surface area (Å²) in [6.07, 6.45) is 21.3. The minimum atomic E-state index is -0.119. The lowest BCUT2D eigenvalue weighted by Gasteiger charge is -2.23. The zero-order valence-corrected chi connectivity index (χ0v) is 23.4. The van der Waals surface area contributed by atoms with E-state index in [2.05, 4.69) is 26.1 Å². The summed E-state index contributed by atoms with van der Waals surface area (Å²) in [6, 6.07) is 0. The van der Waals surface area contributed by atoms with E-state index >= 15 is 0 Å². The lowest BCUT2D eigenvalue weighted by atomic mass is 10.0. The van der Waals surface area contributed by atoms with Gasteiger partial charge in [0.2, 0.25) is 5.91 Å². The predicted octanol–water partition coefficient (Wildman–Crippen LogP) is 3.90. The average molecular weight is 503 g/mol. The van der Waals surface area contributed by atoms with Gasteiger partial charge >= 0.3 is 5.72 Å². The van der Waals surface area contributed by atoms with Crippen molar-refractivity contribution in [1.82, 2.24) is 5.32 Å². The van der Waals surface area contributed by atoms with Crippen LogP contribution in [0.5, 0.6) is 0 Å². The Balaban J connectivity index is 0.00000578. The van der Waals surface area contributed by atoms with E-state index in [1.807, 2.05) is 0 Å². The highest BCUT2D eigenvalue weighted by molar-refractivity contribution is 5.75. The number of unbranched alkanes of at least 4 members (excludes halogenated alkanes) is 11. The monoisotopic (exact) mass is 502 g/mol. The number of fused-ring (bicyclic) bond motifs is 1. The topological polar surface area (TPSA) is 50.9 Å². The van der Waals surface area contributed by atoms with Gasteiger partial charge in [-0.1, -0.05) is 97.8 Å².